The predicted octanol–water partition coefficient (Wildman–Crippen LogP) is -0.458. The molecule has 6 heteroatoms. The van der Waals surface area contributed by atoms with E-state index in [4.69, 9.17) is 5.11 Å². The van der Waals surface area contributed by atoms with Gasteiger partial charge in [-0.3, -0.25) is 14.3 Å². The fourth-order valence-corrected chi connectivity index (χ4v) is 0.946. The zero-order valence-corrected chi connectivity index (χ0v) is 7.17. The van der Waals surface area contributed by atoms with E-state index in [0.717, 1.165) is 4.57 Å². The van der Waals surface area contributed by atoms with Crippen molar-refractivity contribution >= 4 is 15.9 Å². The largest absolute Gasteiger partial charge is 0.493 e. The Labute approximate surface area is 69.4 Å². The summed E-state index contributed by atoms with van der Waals surface area (Å²) in [7, 11) is 1.35. The van der Waals surface area contributed by atoms with Gasteiger partial charge in [-0.2, -0.15) is 0 Å². The van der Waals surface area contributed by atoms with Crippen LogP contribution in [0.5, 0.6) is 5.88 Å². The van der Waals surface area contributed by atoms with Gasteiger partial charge in [0.1, 0.15) is 4.47 Å². The summed E-state index contributed by atoms with van der Waals surface area (Å²) < 4.78 is 0.880. The highest BCUT2D eigenvalue weighted by atomic mass is 79.9. The second-order valence-electron chi connectivity index (χ2n) is 1.96. The van der Waals surface area contributed by atoms with Crippen molar-refractivity contribution in [2.45, 2.75) is 0 Å². The van der Waals surface area contributed by atoms with Gasteiger partial charge in [-0.25, -0.2) is 4.79 Å². The van der Waals surface area contributed by atoms with Gasteiger partial charge in [0.25, 0.3) is 5.56 Å². The lowest BCUT2D eigenvalue weighted by molar-refractivity contribution is 0.414. The summed E-state index contributed by atoms with van der Waals surface area (Å²) in [5.41, 5.74) is -1.28. The number of rotatable bonds is 0. The van der Waals surface area contributed by atoms with Gasteiger partial charge < -0.3 is 5.11 Å². The average molecular weight is 221 g/mol. The van der Waals surface area contributed by atoms with Crippen LogP contribution in [-0.4, -0.2) is 14.7 Å². The molecule has 0 bridgehead atoms. The van der Waals surface area contributed by atoms with Crippen LogP contribution in [0.4, 0.5) is 0 Å². The predicted molar refractivity (Wildman–Crippen MR) is 41.7 cm³/mol. The summed E-state index contributed by atoms with van der Waals surface area (Å²) in [5, 5.41) is 9.06. The summed E-state index contributed by atoms with van der Waals surface area (Å²) in [6, 6.07) is 0. The van der Waals surface area contributed by atoms with E-state index in [1.807, 2.05) is 4.98 Å². The Morgan fingerprint density at radius 1 is 1.55 bits per heavy atom. The van der Waals surface area contributed by atoms with Crippen molar-refractivity contribution in [3.05, 3.63) is 25.3 Å². The van der Waals surface area contributed by atoms with Gasteiger partial charge in [0, 0.05) is 7.05 Å². The molecule has 11 heavy (non-hydrogen) atoms. The Hall–Kier alpha value is -1.04. The number of H-pyrrole nitrogens is 1. The van der Waals surface area contributed by atoms with Crippen LogP contribution < -0.4 is 11.2 Å². The topological polar surface area (TPSA) is 75.1 Å². The van der Waals surface area contributed by atoms with Gasteiger partial charge in [-0.1, -0.05) is 0 Å². The lowest BCUT2D eigenvalue weighted by atomic mass is 10.6. The van der Waals surface area contributed by atoms with Gasteiger partial charge in [0.15, 0.2) is 0 Å². The fourth-order valence-electron chi connectivity index (χ4n) is 0.581. The molecule has 0 saturated heterocycles. The highest BCUT2D eigenvalue weighted by molar-refractivity contribution is 9.10. The first kappa shape index (κ1) is 8.06. The molecule has 0 aliphatic heterocycles. The van der Waals surface area contributed by atoms with Crippen LogP contribution in [0.1, 0.15) is 0 Å². The molecule has 0 spiro atoms. The second-order valence-corrected chi connectivity index (χ2v) is 2.75. The third kappa shape index (κ3) is 1.21. The van der Waals surface area contributed by atoms with Crippen LogP contribution in [0.2, 0.25) is 0 Å². The molecule has 1 aromatic heterocycles. The molecule has 60 valence electrons. The number of nitrogens with one attached hydrogen (secondary N) is 1. The summed E-state index contributed by atoms with van der Waals surface area (Å²) >= 11 is 2.81. The summed E-state index contributed by atoms with van der Waals surface area (Å²) in [6.45, 7) is 0. The van der Waals surface area contributed by atoms with E-state index in [0.29, 0.717) is 0 Å². The first-order valence-corrected chi connectivity index (χ1v) is 3.51. The van der Waals surface area contributed by atoms with E-state index in [2.05, 4.69) is 15.9 Å². The number of aromatic nitrogens is 2. The van der Waals surface area contributed by atoms with E-state index in [-0.39, 0.29) is 10.4 Å². The third-order valence-corrected chi connectivity index (χ3v) is 1.95. The minimum atomic E-state index is -0.643. The molecule has 0 radical (unpaired) electrons. The Morgan fingerprint density at radius 3 is 2.64 bits per heavy atom. The molecule has 1 heterocycles. The molecule has 1 rings (SSSR count). The Kier molecular flexibility index (Phi) is 1.86. The van der Waals surface area contributed by atoms with Crippen molar-refractivity contribution < 1.29 is 5.11 Å². The minimum Gasteiger partial charge on any atom is -0.493 e. The Balaban J connectivity index is 3.73. The molecular formula is C5H5BrN2O3. The minimum absolute atomic E-state index is 0.0420. The molecule has 0 unspecified atom stereocenters. The van der Waals surface area contributed by atoms with E-state index >= 15 is 0 Å². The number of hydrogen-bond acceptors (Lipinski definition) is 3. The van der Waals surface area contributed by atoms with Crippen molar-refractivity contribution in [1.82, 2.24) is 9.55 Å². The smallest absolute Gasteiger partial charge is 0.330 e. The quantitative estimate of drug-likeness (QED) is 0.622. The van der Waals surface area contributed by atoms with Crippen molar-refractivity contribution in [3.63, 3.8) is 0 Å². The molecule has 0 aromatic carbocycles. The van der Waals surface area contributed by atoms with E-state index in [9.17, 15) is 9.59 Å². The molecule has 0 atom stereocenters. The number of nitrogens with zero attached hydrogens (tertiary/aromatic N) is 1. The van der Waals surface area contributed by atoms with Gasteiger partial charge in [0.05, 0.1) is 0 Å². The average Bonchev–Trinajstić information content (AvgIpc) is 1.97. The normalized spacial score (nSPS) is 10.0. The molecule has 0 fully saturated rings. The molecule has 0 saturated carbocycles. The number of halogens is 1. The lowest BCUT2D eigenvalue weighted by Crippen LogP contribution is -2.28. The summed E-state index contributed by atoms with van der Waals surface area (Å²) in [6.07, 6.45) is 0. The van der Waals surface area contributed by atoms with Crippen LogP contribution >= 0.6 is 15.9 Å². The van der Waals surface area contributed by atoms with Crippen molar-refractivity contribution in [2.75, 3.05) is 0 Å². The van der Waals surface area contributed by atoms with Crippen LogP contribution in [0, 0.1) is 0 Å². The van der Waals surface area contributed by atoms with E-state index in [1.165, 1.54) is 7.05 Å². The first-order valence-electron chi connectivity index (χ1n) is 2.72. The summed E-state index contributed by atoms with van der Waals surface area (Å²) in [5.74, 6) is -0.376. The van der Waals surface area contributed by atoms with Gasteiger partial charge in [-0.15, -0.1) is 0 Å². The van der Waals surface area contributed by atoms with E-state index in [1.54, 1.807) is 0 Å². The highest BCUT2D eigenvalue weighted by Gasteiger charge is 2.06. The van der Waals surface area contributed by atoms with Crippen molar-refractivity contribution in [2.24, 2.45) is 7.05 Å². The Morgan fingerprint density at radius 2 is 2.09 bits per heavy atom. The molecule has 1 aromatic rings. The standard InChI is InChI=1S/C5H5BrN2O3/c1-8-4(10)2(6)3(9)7-5(8)11/h10H,1H3,(H,7,9,11). The maximum atomic E-state index is 10.7. The maximum Gasteiger partial charge on any atom is 0.330 e. The van der Waals surface area contributed by atoms with Gasteiger partial charge in [-0.05, 0) is 15.9 Å². The zero-order chi connectivity index (χ0) is 8.59. The Bertz CT molecular complexity index is 357. The number of aromatic amines is 1. The second kappa shape index (κ2) is 2.54. The third-order valence-electron chi connectivity index (χ3n) is 1.24. The number of aromatic hydroxyl groups is 1. The fraction of sp³-hybridized carbons (Fsp3) is 0.200. The van der Waals surface area contributed by atoms with Crippen LogP contribution in [0.15, 0.2) is 14.1 Å². The van der Waals surface area contributed by atoms with Gasteiger partial charge in [0.2, 0.25) is 5.88 Å². The van der Waals surface area contributed by atoms with Crippen molar-refractivity contribution in [1.29, 1.82) is 0 Å². The SMILES string of the molecule is Cn1c(O)c(Br)c(=O)[nH]c1=O. The highest BCUT2D eigenvalue weighted by Crippen LogP contribution is 2.13. The molecule has 0 amide bonds. The zero-order valence-electron chi connectivity index (χ0n) is 5.59. The first-order chi connectivity index (χ1) is 5.04. The van der Waals surface area contributed by atoms with Crippen molar-refractivity contribution in [3.8, 4) is 5.88 Å². The maximum absolute atomic E-state index is 10.7. The van der Waals surface area contributed by atoms with Gasteiger partial charge >= 0.3 is 5.69 Å². The monoisotopic (exact) mass is 220 g/mol. The molecule has 0 aliphatic carbocycles. The lowest BCUT2D eigenvalue weighted by Gasteiger charge is -2.00. The van der Waals surface area contributed by atoms with E-state index < -0.39 is 11.2 Å². The molecule has 0 aliphatic rings. The van der Waals surface area contributed by atoms with Crippen LogP contribution in [0.25, 0.3) is 0 Å². The number of hydrogen-bond donors (Lipinski definition) is 2. The molecular weight excluding hydrogens is 216 g/mol. The van der Waals surface area contributed by atoms with Crippen LogP contribution in [-0.2, 0) is 7.05 Å². The summed E-state index contributed by atoms with van der Waals surface area (Å²) in [4.78, 5) is 23.5. The molecule has 5 nitrogen and oxygen atoms in total. The molecule has 2 N–H and O–H groups in total. The van der Waals surface area contributed by atoms with Crippen LogP contribution in [0.3, 0.4) is 0 Å².